The van der Waals surface area contributed by atoms with Crippen molar-refractivity contribution >= 4 is 12.3 Å². The third kappa shape index (κ3) is 1.66. The third-order valence-corrected chi connectivity index (χ3v) is 2.30. The van der Waals surface area contributed by atoms with Crippen molar-refractivity contribution in [3.05, 3.63) is 35.4 Å². The second-order valence-corrected chi connectivity index (χ2v) is 3.64. The van der Waals surface area contributed by atoms with Crippen molar-refractivity contribution in [1.82, 2.24) is 0 Å². The largest absolute Gasteiger partial charge is 0.481 e. The van der Waals surface area contributed by atoms with Crippen LogP contribution < -0.4 is 0 Å². The van der Waals surface area contributed by atoms with Crippen molar-refractivity contribution in [3.63, 3.8) is 0 Å². The van der Waals surface area contributed by atoms with Gasteiger partial charge in [-0.05, 0) is 19.4 Å². The van der Waals surface area contributed by atoms with Gasteiger partial charge in [-0.3, -0.25) is 9.59 Å². The lowest BCUT2D eigenvalue weighted by Gasteiger charge is -2.21. The minimum atomic E-state index is -1.03. The summed E-state index contributed by atoms with van der Waals surface area (Å²) in [5.74, 6) is -0.938. The predicted molar refractivity (Wildman–Crippen MR) is 52.5 cm³/mol. The summed E-state index contributed by atoms with van der Waals surface area (Å²) in [4.78, 5) is 21.7. The highest BCUT2D eigenvalue weighted by Gasteiger charge is 2.31. The summed E-state index contributed by atoms with van der Waals surface area (Å²) in [6, 6.07) is 6.73. The van der Waals surface area contributed by atoms with E-state index in [4.69, 9.17) is 5.11 Å². The highest BCUT2D eigenvalue weighted by molar-refractivity contribution is 5.86. The fourth-order valence-electron chi connectivity index (χ4n) is 1.28. The van der Waals surface area contributed by atoms with E-state index in [2.05, 4.69) is 0 Å². The molecule has 74 valence electrons. The number of carboxylic acids is 1. The number of benzene rings is 1. The van der Waals surface area contributed by atoms with Crippen LogP contribution in [0.2, 0.25) is 0 Å². The molecule has 1 N–H and O–H groups in total. The normalized spacial score (nSPS) is 11.0. The number of rotatable bonds is 3. The molecule has 0 aromatic heterocycles. The molecular formula is C11H12O3. The number of carbonyl (C=O) groups excluding carboxylic acids is 1. The van der Waals surface area contributed by atoms with Crippen molar-refractivity contribution in [2.24, 2.45) is 0 Å². The van der Waals surface area contributed by atoms with Crippen LogP contribution in [-0.4, -0.2) is 17.4 Å². The molecule has 0 saturated carbocycles. The Labute approximate surface area is 82.4 Å². The molecule has 0 radical (unpaired) electrons. The Kier molecular flexibility index (Phi) is 2.70. The van der Waals surface area contributed by atoms with Crippen LogP contribution in [0.5, 0.6) is 0 Å². The van der Waals surface area contributed by atoms with Gasteiger partial charge in [0, 0.05) is 5.56 Å². The molecule has 0 amide bonds. The van der Waals surface area contributed by atoms with E-state index < -0.39 is 11.4 Å². The van der Waals surface area contributed by atoms with E-state index in [-0.39, 0.29) is 0 Å². The second kappa shape index (κ2) is 3.62. The van der Waals surface area contributed by atoms with Crippen LogP contribution in [0.4, 0.5) is 0 Å². The molecule has 1 aromatic rings. The topological polar surface area (TPSA) is 54.4 Å². The van der Waals surface area contributed by atoms with Gasteiger partial charge >= 0.3 is 5.97 Å². The molecule has 0 spiro atoms. The predicted octanol–water partition coefficient (Wildman–Crippen LogP) is 1.86. The van der Waals surface area contributed by atoms with Gasteiger partial charge in [-0.2, -0.15) is 0 Å². The van der Waals surface area contributed by atoms with Crippen LogP contribution >= 0.6 is 0 Å². The van der Waals surface area contributed by atoms with Gasteiger partial charge < -0.3 is 5.11 Å². The SMILES string of the molecule is CC(C)(C(=O)O)c1ccccc1C=O. The molecule has 1 rings (SSSR count). The van der Waals surface area contributed by atoms with Crippen LogP contribution in [0, 0.1) is 0 Å². The maximum atomic E-state index is 11.0. The average molecular weight is 192 g/mol. The van der Waals surface area contributed by atoms with Crippen molar-refractivity contribution < 1.29 is 14.7 Å². The molecule has 1 aromatic carbocycles. The Morgan fingerprint density at radius 1 is 1.36 bits per heavy atom. The molecule has 0 aliphatic rings. The first-order valence-electron chi connectivity index (χ1n) is 4.28. The summed E-state index contributed by atoms with van der Waals surface area (Å²) < 4.78 is 0. The number of aldehydes is 1. The average Bonchev–Trinajstić information content (AvgIpc) is 2.17. The quantitative estimate of drug-likeness (QED) is 0.743. The summed E-state index contributed by atoms with van der Waals surface area (Å²) in [6.07, 6.45) is 0.681. The summed E-state index contributed by atoms with van der Waals surface area (Å²) >= 11 is 0. The summed E-state index contributed by atoms with van der Waals surface area (Å²) in [5, 5.41) is 9.00. The molecule has 0 aliphatic carbocycles. The molecule has 3 heteroatoms. The molecular weight excluding hydrogens is 180 g/mol. The zero-order valence-corrected chi connectivity index (χ0v) is 8.15. The molecule has 0 bridgehead atoms. The minimum Gasteiger partial charge on any atom is -0.481 e. The third-order valence-electron chi connectivity index (χ3n) is 2.30. The van der Waals surface area contributed by atoms with Crippen LogP contribution in [0.15, 0.2) is 24.3 Å². The van der Waals surface area contributed by atoms with Gasteiger partial charge in [0.1, 0.15) is 6.29 Å². The van der Waals surface area contributed by atoms with Gasteiger partial charge in [0.05, 0.1) is 5.41 Å². The summed E-state index contributed by atoms with van der Waals surface area (Å²) in [7, 11) is 0. The standard InChI is InChI=1S/C11H12O3/c1-11(2,10(13)14)9-6-4-3-5-8(9)7-12/h3-7H,1-2H3,(H,13,14). The van der Waals surface area contributed by atoms with Crippen molar-refractivity contribution in [1.29, 1.82) is 0 Å². The molecule has 0 saturated heterocycles. The van der Waals surface area contributed by atoms with E-state index in [9.17, 15) is 9.59 Å². The first kappa shape index (κ1) is 10.4. The summed E-state index contributed by atoms with van der Waals surface area (Å²) in [6.45, 7) is 3.16. The van der Waals surface area contributed by atoms with E-state index in [1.807, 2.05) is 0 Å². The molecule has 14 heavy (non-hydrogen) atoms. The van der Waals surface area contributed by atoms with E-state index in [0.717, 1.165) is 0 Å². The maximum Gasteiger partial charge on any atom is 0.313 e. The molecule has 0 aliphatic heterocycles. The van der Waals surface area contributed by atoms with Gasteiger partial charge in [0.25, 0.3) is 0 Å². The van der Waals surface area contributed by atoms with E-state index in [1.54, 1.807) is 38.1 Å². The highest BCUT2D eigenvalue weighted by atomic mass is 16.4. The zero-order chi connectivity index (χ0) is 10.8. The number of aliphatic carboxylic acids is 1. The van der Waals surface area contributed by atoms with Crippen LogP contribution in [0.1, 0.15) is 29.8 Å². The van der Waals surface area contributed by atoms with Crippen molar-refractivity contribution in [2.75, 3.05) is 0 Å². The molecule has 0 unspecified atom stereocenters. The van der Waals surface area contributed by atoms with Gasteiger partial charge in [-0.25, -0.2) is 0 Å². The van der Waals surface area contributed by atoms with E-state index in [0.29, 0.717) is 17.4 Å². The number of hydrogen-bond acceptors (Lipinski definition) is 2. The van der Waals surface area contributed by atoms with Gasteiger partial charge in [-0.15, -0.1) is 0 Å². The number of hydrogen-bond donors (Lipinski definition) is 1. The Morgan fingerprint density at radius 2 is 1.93 bits per heavy atom. The Balaban J connectivity index is 3.31. The van der Waals surface area contributed by atoms with Gasteiger partial charge in [0.2, 0.25) is 0 Å². The van der Waals surface area contributed by atoms with E-state index >= 15 is 0 Å². The first-order chi connectivity index (χ1) is 6.50. The summed E-state index contributed by atoms with van der Waals surface area (Å²) in [5.41, 5.74) is -0.0558. The van der Waals surface area contributed by atoms with E-state index in [1.165, 1.54) is 0 Å². The van der Waals surface area contributed by atoms with Crippen LogP contribution in [0.3, 0.4) is 0 Å². The molecule has 0 fully saturated rings. The Hall–Kier alpha value is -1.64. The molecule has 0 atom stereocenters. The fourth-order valence-corrected chi connectivity index (χ4v) is 1.28. The van der Waals surface area contributed by atoms with Crippen molar-refractivity contribution in [2.45, 2.75) is 19.3 Å². The smallest absolute Gasteiger partial charge is 0.313 e. The lowest BCUT2D eigenvalue weighted by Crippen LogP contribution is -2.29. The highest BCUT2D eigenvalue weighted by Crippen LogP contribution is 2.25. The number of carboxylic acid groups (broad SMARTS) is 1. The number of carbonyl (C=O) groups is 2. The monoisotopic (exact) mass is 192 g/mol. The van der Waals surface area contributed by atoms with Crippen LogP contribution in [0.25, 0.3) is 0 Å². The van der Waals surface area contributed by atoms with Gasteiger partial charge in [0.15, 0.2) is 0 Å². The maximum absolute atomic E-state index is 11.0. The Morgan fingerprint density at radius 3 is 2.43 bits per heavy atom. The van der Waals surface area contributed by atoms with Crippen LogP contribution in [-0.2, 0) is 10.2 Å². The van der Waals surface area contributed by atoms with Gasteiger partial charge in [-0.1, -0.05) is 24.3 Å². The zero-order valence-electron chi connectivity index (χ0n) is 8.15. The minimum absolute atomic E-state index is 0.430. The second-order valence-electron chi connectivity index (χ2n) is 3.64. The molecule has 0 heterocycles. The first-order valence-corrected chi connectivity index (χ1v) is 4.28. The lowest BCUT2D eigenvalue weighted by molar-refractivity contribution is -0.142. The lowest BCUT2D eigenvalue weighted by atomic mass is 9.82. The van der Waals surface area contributed by atoms with Crippen molar-refractivity contribution in [3.8, 4) is 0 Å². The fraction of sp³-hybridized carbons (Fsp3) is 0.273. The molecule has 3 nitrogen and oxygen atoms in total. The Bertz CT molecular complexity index is 367.